The standard InChI is InChI=1S/C24H30N8O2S/c1-14-12-20(35-31-14)30-23-21(22(25)33)26-13-19(29-23)27-16-6-8-17(9-7-16)28-24(34)15-4-10-18(11-5-15)32(2)3/h4-5,10-13,16-17H,6-9H2,1-3H3,(H2,25,33)(H,28,34)(H2,27,29,30)/t16-,17+. The minimum Gasteiger partial charge on any atom is -0.378 e. The number of carbonyl (C=O) groups is 2. The minimum atomic E-state index is -0.652. The molecule has 1 fully saturated rings. The highest BCUT2D eigenvalue weighted by atomic mass is 32.1. The van der Waals surface area contributed by atoms with E-state index in [0.29, 0.717) is 17.2 Å². The van der Waals surface area contributed by atoms with Crippen molar-refractivity contribution in [3.63, 3.8) is 0 Å². The van der Waals surface area contributed by atoms with Crippen LogP contribution in [0.2, 0.25) is 0 Å². The van der Waals surface area contributed by atoms with Gasteiger partial charge < -0.3 is 26.6 Å². The van der Waals surface area contributed by atoms with Crippen LogP contribution >= 0.6 is 11.5 Å². The summed E-state index contributed by atoms with van der Waals surface area (Å²) in [5, 5.41) is 10.4. The van der Waals surface area contributed by atoms with Crippen LogP contribution in [-0.2, 0) is 0 Å². The lowest BCUT2D eigenvalue weighted by atomic mass is 9.91. The van der Waals surface area contributed by atoms with Crippen LogP contribution in [0.4, 0.5) is 22.3 Å². The normalized spacial score (nSPS) is 17.5. The monoisotopic (exact) mass is 494 g/mol. The lowest BCUT2D eigenvalue weighted by molar-refractivity contribution is 0.0925. The Kier molecular flexibility index (Phi) is 7.45. The first-order valence-corrected chi connectivity index (χ1v) is 12.3. The summed E-state index contributed by atoms with van der Waals surface area (Å²) in [6.45, 7) is 1.89. The van der Waals surface area contributed by atoms with Crippen LogP contribution in [0.15, 0.2) is 36.5 Å². The van der Waals surface area contributed by atoms with Crippen molar-refractivity contribution in [1.29, 1.82) is 0 Å². The fourth-order valence-corrected chi connectivity index (χ4v) is 4.70. The van der Waals surface area contributed by atoms with Crippen molar-refractivity contribution in [3.05, 3.63) is 53.5 Å². The number of carbonyl (C=O) groups excluding carboxylic acids is 2. The molecular formula is C24H30N8O2S. The molecule has 0 unspecified atom stereocenters. The second-order valence-corrected chi connectivity index (χ2v) is 9.69. The molecule has 0 radical (unpaired) electrons. The van der Waals surface area contributed by atoms with Gasteiger partial charge in [0.15, 0.2) is 11.5 Å². The maximum absolute atomic E-state index is 12.6. The third-order valence-corrected chi connectivity index (χ3v) is 6.73. The second-order valence-electron chi connectivity index (χ2n) is 8.88. The maximum Gasteiger partial charge on any atom is 0.271 e. The smallest absolute Gasteiger partial charge is 0.271 e. The van der Waals surface area contributed by atoms with Gasteiger partial charge in [0.1, 0.15) is 10.8 Å². The van der Waals surface area contributed by atoms with Gasteiger partial charge in [-0.3, -0.25) is 9.59 Å². The number of amides is 2. The number of nitrogens with one attached hydrogen (secondary N) is 3. The SMILES string of the molecule is Cc1cc(Nc2nc(N[C@H]3CC[C@@H](NC(=O)c4ccc(N(C)C)cc4)CC3)cnc2C(N)=O)sn1. The van der Waals surface area contributed by atoms with Crippen molar-refractivity contribution >= 4 is 45.7 Å². The summed E-state index contributed by atoms with van der Waals surface area (Å²) >= 11 is 1.27. The molecule has 184 valence electrons. The van der Waals surface area contributed by atoms with Gasteiger partial charge in [-0.15, -0.1) is 0 Å². The Balaban J connectivity index is 1.33. The van der Waals surface area contributed by atoms with E-state index >= 15 is 0 Å². The fraction of sp³-hybridized carbons (Fsp3) is 0.375. The Labute approximate surface area is 208 Å². The van der Waals surface area contributed by atoms with E-state index in [1.165, 1.54) is 17.7 Å². The molecule has 11 heteroatoms. The molecule has 1 aromatic carbocycles. The summed E-state index contributed by atoms with van der Waals surface area (Å²) in [6.07, 6.45) is 4.99. The molecule has 1 saturated carbocycles. The molecule has 0 saturated heterocycles. The Morgan fingerprint density at radius 1 is 1.09 bits per heavy atom. The number of anilines is 4. The van der Waals surface area contributed by atoms with Crippen LogP contribution in [0, 0.1) is 6.92 Å². The van der Waals surface area contributed by atoms with Crippen molar-refractivity contribution in [3.8, 4) is 0 Å². The zero-order valence-corrected chi connectivity index (χ0v) is 20.9. The molecule has 2 amide bonds. The van der Waals surface area contributed by atoms with Crippen LogP contribution in [-0.4, -0.2) is 52.3 Å². The number of benzene rings is 1. The minimum absolute atomic E-state index is 0.0476. The Hall–Kier alpha value is -3.73. The summed E-state index contributed by atoms with van der Waals surface area (Å²) in [5.41, 5.74) is 8.14. The Morgan fingerprint density at radius 2 is 1.77 bits per heavy atom. The number of rotatable bonds is 8. The van der Waals surface area contributed by atoms with Gasteiger partial charge >= 0.3 is 0 Å². The highest BCUT2D eigenvalue weighted by Gasteiger charge is 2.24. The highest BCUT2D eigenvalue weighted by molar-refractivity contribution is 7.10. The second kappa shape index (κ2) is 10.7. The summed E-state index contributed by atoms with van der Waals surface area (Å²) in [7, 11) is 3.94. The highest BCUT2D eigenvalue weighted by Crippen LogP contribution is 2.26. The number of hydrogen-bond donors (Lipinski definition) is 4. The molecule has 2 heterocycles. The van der Waals surface area contributed by atoms with Gasteiger partial charge in [0.2, 0.25) is 0 Å². The van der Waals surface area contributed by atoms with Gasteiger partial charge in [-0.25, -0.2) is 9.97 Å². The molecule has 1 aliphatic rings. The number of nitrogens with zero attached hydrogens (tertiary/aromatic N) is 4. The van der Waals surface area contributed by atoms with Crippen LogP contribution in [0.3, 0.4) is 0 Å². The van der Waals surface area contributed by atoms with Crippen molar-refractivity contribution < 1.29 is 9.59 Å². The van der Waals surface area contributed by atoms with Crippen LogP contribution in [0.1, 0.15) is 52.2 Å². The van der Waals surface area contributed by atoms with Crippen LogP contribution in [0.25, 0.3) is 0 Å². The molecular weight excluding hydrogens is 464 g/mol. The van der Waals surface area contributed by atoms with E-state index in [1.807, 2.05) is 56.3 Å². The van der Waals surface area contributed by atoms with Gasteiger partial charge in [-0.2, -0.15) is 4.37 Å². The van der Waals surface area contributed by atoms with Gasteiger partial charge in [-0.05, 0) is 74.5 Å². The molecule has 4 rings (SSSR count). The largest absolute Gasteiger partial charge is 0.378 e. The summed E-state index contributed by atoms with van der Waals surface area (Å²) < 4.78 is 4.23. The Bertz CT molecular complexity index is 1190. The van der Waals surface area contributed by atoms with E-state index in [-0.39, 0.29) is 23.7 Å². The van der Waals surface area contributed by atoms with Crippen molar-refractivity contribution in [2.75, 3.05) is 29.6 Å². The number of aryl methyl sites for hydroxylation is 1. The molecule has 0 spiro atoms. The van der Waals surface area contributed by atoms with Gasteiger partial charge in [0.05, 0.1) is 11.9 Å². The lowest BCUT2D eigenvalue weighted by Gasteiger charge is -2.30. The quantitative estimate of drug-likeness (QED) is 0.374. The summed E-state index contributed by atoms with van der Waals surface area (Å²) in [5.74, 6) is 0.161. The van der Waals surface area contributed by atoms with Crippen molar-refractivity contribution in [1.82, 2.24) is 19.7 Å². The average Bonchev–Trinajstić information content (AvgIpc) is 3.24. The zero-order chi connectivity index (χ0) is 24.9. The Morgan fingerprint density at radius 3 is 2.37 bits per heavy atom. The molecule has 3 aromatic rings. The zero-order valence-electron chi connectivity index (χ0n) is 20.0. The fourth-order valence-electron chi connectivity index (χ4n) is 4.04. The molecule has 35 heavy (non-hydrogen) atoms. The first-order valence-electron chi connectivity index (χ1n) is 11.5. The number of nitrogens with two attached hydrogens (primary N) is 1. The van der Waals surface area contributed by atoms with Crippen molar-refractivity contribution in [2.45, 2.75) is 44.7 Å². The first kappa shape index (κ1) is 24.4. The summed E-state index contributed by atoms with van der Waals surface area (Å²) in [4.78, 5) is 35.2. The summed E-state index contributed by atoms with van der Waals surface area (Å²) in [6, 6.07) is 9.78. The number of primary amides is 1. The van der Waals surface area contributed by atoms with E-state index in [9.17, 15) is 9.59 Å². The molecule has 0 atom stereocenters. The topological polar surface area (TPSA) is 138 Å². The van der Waals surface area contributed by atoms with E-state index in [4.69, 9.17) is 5.73 Å². The first-order chi connectivity index (χ1) is 16.8. The lowest BCUT2D eigenvalue weighted by Crippen LogP contribution is -2.40. The number of hydrogen-bond acceptors (Lipinski definition) is 9. The van der Waals surface area contributed by atoms with E-state index in [1.54, 1.807) is 0 Å². The third kappa shape index (κ3) is 6.24. The maximum atomic E-state index is 12.6. The average molecular weight is 495 g/mol. The van der Waals surface area contributed by atoms with E-state index in [0.717, 1.165) is 42.1 Å². The van der Waals surface area contributed by atoms with Crippen LogP contribution < -0.4 is 26.6 Å². The molecule has 5 N–H and O–H groups in total. The molecule has 0 bridgehead atoms. The molecule has 10 nitrogen and oxygen atoms in total. The third-order valence-electron chi connectivity index (χ3n) is 5.94. The van der Waals surface area contributed by atoms with E-state index < -0.39 is 5.91 Å². The van der Waals surface area contributed by atoms with E-state index in [2.05, 4.69) is 30.3 Å². The molecule has 0 aliphatic heterocycles. The van der Waals surface area contributed by atoms with Gasteiger partial charge in [0.25, 0.3) is 11.8 Å². The van der Waals surface area contributed by atoms with Gasteiger partial charge in [-0.1, -0.05) is 0 Å². The van der Waals surface area contributed by atoms with Crippen molar-refractivity contribution in [2.24, 2.45) is 5.73 Å². The van der Waals surface area contributed by atoms with Crippen LogP contribution in [0.5, 0.6) is 0 Å². The number of aromatic nitrogens is 3. The predicted octanol–water partition coefficient (Wildman–Crippen LogP) is 3.30. The predicted molar refractivity (Wildman–Crippen MR) is 139 cm³/mol. The molecule has 1 aliphatic carbocycles. The van der Waals surface area contributed by atoms with Gasteiger partial charge in [0, 0.05) is 37.4 Å². The molecule has 2 aromatic heterocycles.